The first kappa shape index (κ1) is 33.2. The van der Waals surface area contributed by atoms with E-state index < -0.39 is 0 Å². The van der Waals surface area contributed by atoms with E-state index in [2.05, 4.69) is 149 Å². The van der Waals surface area contributed by atoms with Crippen LogP contribution in [-0.2, 0) is 20.1 Å². The Labute approximate surface area is 317 Å². The molecule has 0 spiro atoms. The molecule has 0 unspecified atom stereocenters. The van der Waals surface area contributed by atoms with Crippen LogP contribution in [0.5, 0.6) is 0 Å². The molecular weight excluding hydrogens is 811 g/mol. The predicted octanol–water partition coefficient (Wildman–Crippen LogP) is 12.2. The molecule has 4 heterocycles. The molecule has 0 N–H and O–H groups in total. The summed E-state index contributed by atoms with van der Waals surface area (Å²) in [4.78, 5) is 8.95. The third kappa shape index (κ3) is 6.07. The number of benzene rings is 6. The third-order valence-electron chi connectivity index (χ3n) is 9.62. The minimum Gasteiger partial charge on any atom is -0.350 e. The molecular formula is C48H33IrN3-2. The van der Waals surface area contributed by atoms with E-state index in [1.54, 1.807) is 0 Å². The summed E-state index contributed by atoms with van der Waals surface area (Å²) in [5.74, 6) is 0. The number of nitrogens with zero attached hydrogens (tertiary/aromatic N) is 3. The topological polar surface area (TPSA) is 30.2 Å². The largest absolute Gasteiger partial charge is 0.350 e. The Morgan fingerprint density at radius 3 is 1.85 bits per heavy atom. The van der Waals surface area contributed by atoms with Crippen LogP contribution in [0.15, 0.2) is 164 Å². The average Bonchev–Trinajstić information content (AvgIpc) is 3.70. The molecule has 10 rings (SSSR count). The molecule has 0 fully saturated rings. The minimum atomic E-state index is 0. The van der Waals surface area contributed by atoms with Crippen molar-refractivity contribution in [1.82, 2.24) is 14.4 Å². The van der Waals surface area contributed by atoms with Gasteiger partial charge in [-0.1, -0.05) is 95.9 Å². The predicted molar refractivity (Wildman–Crippen MR) is 212 cm³/mol. The van der Waals surface area contributed by atoms with Crippen molar-refractivity contribution in [2.75, 3.05) is 0 Å². The van der Waals surface area contributed by atoms with Gasteiger partial charge in [0.15, 0.2) is 0 Å². The van der Waals surface area contributed by atoms with Crippen molar-refractivity contribution >= 4 is 38.1 Å². The van der Waals surface area contributed by atoms with Gasteiger partial charge in [0.05, 0.1) is 5.52 Å². The molecule has 0 aliphatic carbocycles. The molecule has 0 saturated carbocycles. The summed E-state index contributed by atoms with van der Waals surface area (Å²) in [6, 6.07) is 60.1. The maximum Gasteiger partial charge on any atom is 0.0517 e. The van der Waals surface area contributed by atoms with E-state index in [0.29, 0.717) is 0 Å². The minimum absolute atomic E-state index is 0. The van der Waals surface area contributed by atoms with Crippen LogP contribution in [-0.4, -0.2) is 14.4 Å². The second-order valence-electron chi connectivity index (χ2n) is 13.1. The molecule has 1 radical (unpaired) electrons. The molecule has 10 aromatic rings. The average molecular weight is 844 g/mol. The standard InChI is InChI=1S/C36H23N2.C12H10N.Ir/c1-23-16-17-37-33(18-23)27-13-15-35-30(20-27)32-22-28(25-10-6-3-7-11-25)21-31-29-19-26(24-8-4-2-5-9-24)12-14-34(29)38(35)36(31)32;1-10-7-8-12(13-9-10)11-5-3-2-4-6-11;/h2-12,14-22H,1H3;2-5,7-9H,1H3;/q2*-1;. The fourth-order valence-corrected chi connectivity index (χ4v) is 7.11. The molecule has 0 aliphatic heterocycles. The van der Waals surface area contributed by atoms with Gasteiger partial charge in [-0.25, -0.2) is 0 Å². The Kier molecular flexibility index (Phi) is 8.95. The van der Waals surface area contributed by atoms with E-state index in [0.717, 1.165) is 22.5 Å². The van der Waals surface area contributed by atoms with Crippen molar-refractivity contribution in [1.29, 1.82) is 0 Å². The van der Waals surface area contributed by atoms with Crippen molar-refractivity contribution in [3.8, 4) is 44.8 Å². The Hall–Kier alpha value is -5.93. The smallest absolute Gasteiger partial charge is 0.0517 e. The van der Waals surface area contributed by atoms with Crippen molar-refractivity contribution in [3.63, 3.8) is 0 Å². The first-order chi connectivity index (χ1) is 25.1. The maximum absolute atomic E-state index is 4.64. The van der Waals surface area contributed by atoms with Crippen LogP contribution in [0.2, 0.25) is 0 Å². The summed E-state index contributed by atoms with van der Waals surface area (Å²) >= 11 is 0. The van der Waals surface area contributed by atoms with Gasteiger partial charge in [0, 0.05) is 48.8 Å². The first-order valence-corrected chi connectivity index (χ1v) is 17.2. The van der Waals surface area contributed by atoms with Gasteiger partial charge in [0.25, 0.3) is 0 Å². The Morgan fingerprint density at radius 2 is 1.17 bits per heavy atom. The van der Waals surface area contributed by atoms with Crippen LogP contribution in [0.4, 0.5) is 0 Å². The fraction of sp³-hybridized carbons (Fsp3) is 0.0417. The Bertz CT molecular complexity index is 2790. The van der Waals surface area contributed by atoms with Crippen LogP contribution in [0, 0.1) is 26.0 Å². The number of hydrogen-bond acceptors (Lipinski definition) is 2. The molecule has 0 atom stereocenters. The number of pyridine rings is 2. The van der Waals surface area contributed by atoms with E-state index in [-0.39, 0.29) is 20.1 Å². The second kappa shape index (κ2) is 14.0. The van der Waals surface area contributed by atoms with Crippen LogP contribution in [0.1, 0.15) is 11.1 Å². The maximum atomic E-state index is 4.64. The fourth-order valence-electron chi connectivity index (χ4n) is 7.11. The molecule has 6 aromatic carbocycles. The van der Waals surface area contributed by atoms with Crippen molar-refractivity contribution in [2.24, 2.45) is 0 Å². The normalized spacial score (nSPS) is 11.1. The van der Waals surface area contributed by atoms with Crippen LogP contribution < -0.4 is 0 Å². The molecule has 52 heavy (non-hydrogen) atoms. The zero-order valence-corrected chi connectivity index (χ0v) is 31.2. The number of fused-ring (bicyclic) bond motifs is 6. The molecule has 251 valence electrons. The number of aromatic nitrogens is 3. The zero-order chi connectivity index (χ0) is 34.3. The summed E-state index contributed by atoms with van der Waals surface area (Å²) in [6.07, 6.45) is 3.75. The van der Waals surface area contributed by atoms with Gasteiger partial charge in [0.1, 0.15) is 0 Å². The summed E-state index contributed by atoms with van der Waals surface area (Å²) in [5, 5.41) is 5.04. The van der Waals surface area contributed by atoms with E-state index >= 15 is 0 Å². The molecule has 4 aromatic heterocycles. The van der Waals surface area contributed by atoms with E-state index in [4.69, 9.17) is 0 Å². The van der Waals surface area contributed by atoms with Gasteiger partial charge < -0.3 is 14.4 Å². The summed E-state index contributed by atoms with van der Waals surface area (Å²) < 4.78 is 2.42. The van der Waals surface area contributed by atoms with Gasteiger partial charge in [-0.05, 0) is 94.3 Å². The van der Waals surface area contributed by atoms with Crippen molar-refractivity contribution in [2.45, 2.75) is 13.8 Å². The van der Waals surface area contributed by atoms with Gasteiger partial charge in [-0.15, -0.1) is 59.7 Å². The first-order valence-electron chi connectivity index (χ1n) is 17.2. The van der Waals surface area contributed by atoms with Crippen LogP contribution in [0.25, 0.3) is 82.9 Å². The number of rotatable bonds is 4. The second-order valence-corrected chi connectivity index (χ2v) is 13.1. The third-order valence-corrected chi connectivity index (χ3v) is 9.62. The SMILES string of the molecule is Cc1ccc(-c2[c-]cccc2)nc1.Cc1ccnc(-c2[c-]cc3c(c2)c2cc(-c4ccccc4)cc4c5cc(-c6ccccc6)ccc5n3c24)c1.[Ir]. The Morgan fingerprint density at radius 1 is 0.481 bits per heavy atom. The summed E-state index contributed by atoms with van der Waals surface area (Å²) in [6.45, 7) is 4.14. The van der Waals surface area contributed by atoms with E-state index in [1.165, 1.54) is 71.5 Å². The molecule has 0 amide bonds. The van der Waals surface area contributed by atoms with Crippen LogP contribution >= 0.6 is 0 Å². The van der Waals surface area contributed by atoms with Crippen molar-refractivity contribution in [3.05, 3.63) is 187 Å². The van der Waals surface area contributed by atoms with Crippen LogP contribution in [0.3, 0.4) is 0 Å². The summed E-state index contributed by atoms with van der Waals surface area (Å²) in [5.41, 5.74) is 15.0. The van der Waals surface area contributed by atoms with Gasteiger partial charge in [0.2, 0.25) is 0 Å². The zero-order valence-electron chi connectivity index (χ0n) is 28.8. The van der Waals surface area contributed by atoms with Gasteiger partial charge >= 0.3 is 0 Å². The molecule has 0 saturated heterocycles. The monoisotopic (exact) mass is 844 g/mol. The van der Waals surface area contributed by atoms with Crippen molar-refractivity contribution < 1.29 is 20.1 Å². The summed E-state index contributed by atoms with van der Waals surface area (Å²) in [7, 11) is 0. The Balaban J connectivity index is 0.000000234. The molecule has 0 bridgehead atoms. The van der Waals surface area contributed by atoms with E-state index in [1.807, 2.05) is 55.7 Å². The number of hydrogen-bond donors (Lipinski definition) is 0. The molecule has 4 heteroatoms. The van der Waals surface area contributed by atoms with Gasteiger partial charge in [-0.3, -0.25) is 0 Å². The molecule has 3 nitrogen and oxygen atoms in total. The van der Waals surface area contributed by atoms with E-state index in [9.17, 15) is 0 Å². The quantitative estimate of drug-likeness (QED) is 0.165. The number of aryl methyl sites for hydroxylation is 2. The van der Waals surface area contributed by atoms with Gasteiger partial charge in [-0.2, -0.15) is 0 Å². The molecule has 0 aliphatic rings.